The van der Waals surface area contributed by atoms with Crippen LogP contribution in [0.2, 0.25) is 0 Å². The van der Waals surface area contributed by atoms with E-state index in [4.69, 9.17) is 0 Å². The molecule has 3 aromatic carbocycles. The summed E-state index contributed by atoms with van der Waals surface area (Å²) < 4.78 is 78.0. The maximum atomic E-state index is 13.4. The van der Waals surface area contributed by atoms with Crippen LogP contribution in [0.4, 0.5) is 17.6 Å². The van der Waals surface area contributed by atoms with E-state index < -0.39 is 46.8 Å². The lowest BCUT2D eigenvalue weighted by molar-refractivity contribution is -0.137. The zero-order valence-electron chi connectivity index (χ0n) is 21.6. The summed E-state index contributed by atoms with van der Waals surface area (Å²) in [7, 11) is -3.39. The van der Waals surface area contributed by atoms with Crippen molar-refractivity contribution in [1.29, 1.82) is 0 Å². The molecule has 212 valence electrons. The molecule has 0 aliphatic rings. The van der Waals surface area contributed by atoms with Crippen molar-refractivity contribution in [2.24, 2.45) is 0 Å². The lowest BCUT2D eigenvalue weighted by Gasteiger charge is -2.17. The molecule has 1 amide bonds. The van der Waals surface area contributed by atoms with Gasteiger partial charge in [0, 0.05) is 28.6 Å². The Kier molecular flexibility index (Phi) is 8.65. The van der Waals surface area contributed by atoms with E-state index in [1.807, 2.05) is 0 Å². The van der Waals surface area contributed by atoms with Crippen molar-refractivity contribution in [2.45, 2.75) is 37.0 Å². The van der Waals surface area contributed by atoms with Crippen molar-refractivity contribution in [2.75, 3.05) is 19.0 Å². The number of alkyl halides is 4. The fourth-order valence-corrected chi connectivity index (χ4v) is 5.42. The topological polar surface area (TPSA) is 88.4 Å². The summed E-state index contributed by atoms with van der Waals surface area (Å²) in [6.45, 7) is 0.516. The van der Waals surface area contributed by atoms with E-state index in [0.29, 0.717) is 27.7 Å². The van der Waals surface area contributed by atoms with Crippen LogP contribution < -0.4 is 5.32 Å². The molecule has 0 aliphatic carbocycles. The van der Waals surface area contributed by atoms with Crippen LogP contribution in [0.1, 0.15) is 45.7 Å². The van der Waals surface area contributed by atoms with Crippen LogP contribution in [0.5, 0.6) is 0 Å². The first-order valence-electron chi connectivity index (χ1n) is 12.6. The first kappa shape index (κ1) is 29.3. The maximum Gasteiger partial charge on any atom is 0.416 e. The molecule has 1 atom stereocenters. The van der Waals surface area contributed by atoms with E-state index >= 15 is 0 Å². The van der Waals surface area contributed by atoms with E-state index in [0.717, 1.165) is 12.1 Å². The number of carbonyl (C=O) groups excluding carboxylic acids is 1. The number of fused-ring (bicyclic) bond motifs is 1. The Morgan fingerprint density at radius 3 is 2.25 bits per heavy atom. The standard InChI is InChI=1S/C29H28F4N2O4S/c1-2-40(38,39)25-10-5-20(6-11-25)26(18-36)34-28(37)21-7-12-27-22(16-21)17-24(35(27)14-13-30)15-19-3-8-23(9-4-19)29(31,32)33/h3-12,16-17,26,36H,2,13-15,18H2,1H3,(H,34,37)/t26-/m0/s1. The van der Waals surface area contributed by atoms with Crippen LogP contribution in [0.25, 0.3) is 10.9 Å². The van der Waals surface area contributed by atoms with Gasteiger partial charge in [-0.25, -0.2) is 12.8 Å². The first-order valence-corrected chi connectivity index (χ1v) is 14.2. The van der Waals surface area contributed by atoms with Gasteiger partial charge in [-0.15, -0.1) is 0 Å². The number of nitrogens with zero attached hydrogens (tertiary/aromatic N) is 1. The van der Waals surface area contributed by atoms with Gasteiger partial charge in [-0.05, 0) is 59.7 Å². The van der Waals surface area contributed by atoms with Crippen LogP contribution in [-0.4, -0.2) is 43.0 Å². The third-order valence-corrected chi connectivity index (χ3v) is 8.48. The molecule has 1 aromatic heterocycles. The number of aryl methyl sites for hydroxylation is 1. The summed E-state index contributed by atoms with van der Waals surface area (Å²) in [5, 5.41) is 13.3. The lowest BCUT2D eigenvalue weighted by atomic mass is 10.1. The van der Waals surface area contributed by atoms with E-state index in [9.17, 15) is 35.9 Å². The number of halogens is 4. The third kappa shape index (κ3) is 6.37. The summed E-state index contributed by atoms with van der Waals surface area (Å²) in [5.74, 6) is -0.526. The van der Waals surface area contributed by atoms with Gasteiger partial charge in [-0.3, -0.25) is 4.79 Å². The number of rotatable bonds is 10. The molecular formula is C29H28F4N2O4S. The summed E-state index contributed by atoms with van der Waals surface area (Å²) >= 11 is 0. The van der Waals surface area contributed by atoms with Crippen LogP contribution in [0.15, 0.2) is 77.7 Å². The second-order valence-corrected chi connectivity index (χ2v) is 11.6. The molecule has 4 rings (SSSR count). The Hall–Kier alpha value is -3.70. The number of hydrogen-bond donors (Lipinski definition) is 2. The third-order valence-electron chi connectivity index (χ3n) is 6.73. The fraction of sp³-hybridized carbons (Fsp3) is 0.276. The van der Waals surface area contributed by atoms with Gasteiger partial charge >= 0.3 is 6.18 Å². The number of sulfone groups is 1. The number of amides is 1. The number of carbonyl (C=O) groups is 1. The zero-order valence-corrected chi connectivity index (χ0v) is 22.4. The van der Waals surface area contributed by atoms with Crippen molar-refractivity contribution < 1.29 is 35.9 Å². The predicted octanol–water partition coefficient (Wildman–Crippen LogP) is 5.48. The summed E-state index contributed by atoms with van der Waals surface area (Å²) in [5.41, 5.74) is 2.04. The number of nitrogens with one attached hydrogen (secondary N) is 1. The first-order chi connectivity index (χ1) is 19.0. The molecular weight excluding hydrogens is 548 g/mol. The summed E-state index contributed by atoms with van der Waals surface area (Å²) in [4.78, 5) is 13.2. The molecule has 0 fully saturated rings. The van der Waals surface area contributed by atoms with Gasteiger partial charge < -0.3 is 15.0 Å². The van der Waals surface area contributed by atoms with Crippen LogP contribution in [0, 0.1) is 0 Å². The van der Waals surface area contributed by atoms with Crippen molar-refractivity contribution >= 4 is 26.6 Å². The minimum atomic E-state index is -4.44. The highest BCUT2D eigenvalue weighted by atomic mass is 32.2. The number of aliphatic hydroxyl groups is 1. The molecule has 0 radical (unpaired) electrons. The highest BCUT2D eigenvalue weighted by Gasteiger charge is 2.30. The van der Waals surface area contributed by atoms with Crippen LogP contribution in [0.3, 0.4) is 0 Å². The highest BCUT2D eigenvalue weighted by Crippen LogP contribution is 2.30. The molecule has 0 aliphatic heterocycles. The average molecular weight is 577 g/mol. The van der Waals surface area contributed by atoms with Crippen molar-refractivity contribution in [3.63, 3.8) is 0 Å². The molecule has 0 spiro atoms. The number of aliphatic hydroxyl groups excluding tert-OH is 1. The van der Waals surface area contributed by atoms with Gasteiger partial charge in [-0.2, -0.15) is 13.2 Å². The number of hydrogen-bond acceptors (Lipinski definition) is 4. The van der Waals surface area contributed by atoms with Gasteiger partial charge in [0.05, 0.1) is 35.4 Å². The van der Waals surface area contributed by atoms with Crippen molar-refractivity contribution in [3.8, 4) is 0 Å². The SMILES string of the molecule is CCS(=O)(=O)c1ccc([C@H](CO)NC(=O)c2ccc3c(c2)cc(Cc2ccc(C(F)(F)F)cc2)n3CCF)cc1. The van der Waals surface area contributed by atoms with Gasteiger partial charge in [0.25, 0.3) is 5.91 Å². The Morgan fingerprint density at radius 2 is 1.68 bits per heavy atom. The minimum Gasteiger partial charge on any atom is -0.394 e. The smallest absolute Gasteiger partial charge is 0.394 e. The van der Waals surface area contributed by atoms with E-state index in [1.54, 1.807) is 35.8 Å². The van der Waals surface area contributed by atoms with Gasteiger partial charge in [0.2, 0.25) is 0 Å². The van der Waals surface area contributed by atoms with Crippen LogP contribution in [-0.2, 0) is 29.0 Å². The molecule has 4 aromatic rings. The molecule has 11 heteroatoms. The largest absolute Gasteiger partial charge is 0.416 e. The average Bonchev–Trinajstić information content (AvgIpc) is 3.27. The minimum absolute atomic E-state index is 0.0430. The van der Waals surface area contributed by atoms with Crippen LogP contribution >= 0.6 is 0 Å². The van der Waals surface area contributed by atoms with Gasteiger partial charge in [0.15, 0.2) is 9.84 Å². The number of aromatic nitrogens is 1. The Morgan fingerprint density at radius 1 is 1.00 bits per heavy atom. The predicted molar refractivity (Wildman–Crippen MR) is 144 cm³/mol. The number of benzene rings is 3. The molecule has 2 N–H and O–H groups in total. The zero-order chi connectivity index (χ0) is 29.1. The van der Waals surface area contributed by atoms with E-state index in [-0.39, 0.29) is 29.2 Å². The van der Waals surface area contributed by atoms with Gasteiger partial charge in [0.1, 0.15) is 6.67 Å². The van der Waals surface area contributed by atoms with E-state index in [1.165, 1.54) is 36.4 Å². The fourth-order valence-electron chi connectivity index (χ4n) is 4.54. The molecule has 40 heavy (non-hydrogen) atoms. The van der Waals surface area contributed by atoms with E-state index in [2.05, 4.69) is 5.32 Å². The monoisotopic (exact) mass is 576 g/mol. The van der Waals surface area contributed by atoms with Crippen molar-refractivity contribution in [1.82, 2.24) is 9.88 Å². The normalized spacial score (nSPS) is 12.9. The Balaban J connectivity index is 1.56. The Labute approximate surface area is 229 Å². The van der Waals surface area contributed by atoms with Crippen molar-refractivity contribution in [3.05, 3.63) is 101 Å². The highest BCUT2D eigenvalue weighted by molar-refractivity contribution is 7.91. The molecule has 0 saturated heterocycles. The lowest BCUT2D eigenvalue weighted by Crippen LogP contribution is -2.30. The summed E-state index contributed by atoms with van der Waals surface area (Å²) in [6, 6.07) is 16.6. The summed E-state index contributed by atoms with van der Waals surface area (Å²) in [6.07, 6.45) is -4.17. The second-order valence-electron chi connectivity index (χ2n) is 9.30. The van der Waals surface area contributed by atoms with Gasteiger partial charge in [-0.1, -0.05) is 31.2 Å². The molecule has 6 nitrogen and oxygen atoms in total. The second kappa shape index (κ2) is 11.8. The molecule has 1 heterocycles. The molecule has 0 unspecified atom stereocenters. The quantitative estimate of drug-likeness (QED) is 0.245. The Bertz CT molecular complexity index is 1600. The molecule has 0 saturated carbocycles. The molecule has 0 bridgehead atoms. The maximum absolute atomic E-state index is 13.4.